The van der Waals surface area contributed by atoms with Crippen molar-refractivity contribution in [2.75, 3.05) is 0 Å². The Morgan fingerprint density at radius 1 is 0.767 bits per heavy atom. The summed E-state index contributed by atoms with van der Waals surface area (Å²) in [5.41, 5.74) is 2.73. The van der Waals surface area contributed by atoms with Gasteiger partial charge in [-0.15, -0.1) is 0 Å². The van der Waals surface area contributed by atoms with Crippen molar-refractivity contribution >= 4 is 0 Å². The van der Waals surface area contributed by atoms with Gasteiger partial charge >= 0.3 is 0 Å². The second-order valence-corrected chi connectivity index (χ2v) is 9.28. The number of hydrogen-bond acceptors (Lipinski definition) is 0. The molecule has 2 heteroatoms. The molecule has 1 saturated carbocycles. The topological polar surface area (TPSA) is 0 Å². The maximum Gasteiger partial charge on any atom is 0.166 e. The summed E-state index contributed by atoms with van der Waals surface area (Å²) in [4.78, 5) is 0. The molecule has 2 aromatic carbocycles. The summed E-state index contributed by atoms with van der Waals surface area (Å²) in [6, 6.07) is 11.4. The fourth-order valence-electron chi connectivity index (χ4n) is 4.89. The highest BCUT2D eigenvalue weighted by atomic mass is 19.2. The van der Waals surface area contributed by atoms with Gasteiger partial charge < -0.3 is 0 Å². The van der Waals surface area contributed by atoms with Crippen LogP contribution < -0.4 is 0 Å². The molecule has 0 saturated heterocycles. The van der Waals surface area contributed by atoms with Gasteiger partial charge in [0.15, 0.2) is 11.6 Å². The molecule has 30 heavy (non-hydrogen) atoms. The zero-order valence-corrected chi connectivity index (χ0v) is 18.1. The predicted molar refractivity (Wildman–Crippen MR) is 121 cm³/mol. The zero-order chi connectivity index (χ0) is 21.1. The van der Waals surface area contributed by atoms with Crippen LogP contribution in [0.1, 0.15) is 62.5 Å². The molecule has 2 unspecified atom stereocenters. The van der Waals surface area contributed by atoms with Crippen LogP contribution in [0.3, 0.4) is 0 Å². The first-order valence-electron chi connectivity index (χ1n) is 11.4. The van der Waals surface area contributed by atoms with Crippen LogP contribution >= 0.6 is 0 Å². The number of halogens is 2. The van der Waals surface area contributed by atoms with E-state index in [1.165, 1.54) is 44.1 Å². The minimum absolute atomic E-state index is 0.338. The van der Waals surface area contributed by atoms with Gasteiger partial charge in [-0.2, -0.15) is 0 Å². The number of aryl methyl sites for hydroxylation is 1. The third-order valence-electron chi connectivity index (χ3n) is 7.01. The summed E-state index contributed by atoms with van der Waals surface area (Å²) < 4.78 is 28.2. The molecular weight excluding hydrogens is 374 g/mol. The van der Waals surface area contributed by atoms with Crippen LogP contribution in [-0.2, 0) is 0 Å². The lowest BCUT2D eigenvalue weighted by Crippen LogP contribution is -2.12. The second-order valence-electron chi connectivity index (χ2n) is 9.28. The fraction of sp³-hybridized carbons (Fsp3) is 0.429. The first kappa shape index (κ1) is 21.0. The molecule has 0 nitrogen and oxygen atoms in total. The van der Waals surface area contributed by atoms with Gasteiger partial charge in [-0.1, -0.05) is 67.6 Å². The van der Waals surface area contributed by atoms with Crippen molar-refractivity contribution in [2.24, 2.45) is 17.8 Å². The highest BCUT2D eigenvalue weighted by Gasteiger charge is 2.22. The van der Waals surface area contributed by atoms with Crippen LogP contribution in [0.5, 0.6) is 0 Å². The van der Waals surface area contributed by atoms with Crippen LogP contribution in [0.2, 0.25) is 0 Å². The second kappa shape index (κ2) is 9.29. The van der Waals surface area contributed by atoms with Crippen molar-refractivity contribution in [3.63, 3.8) is 0 Å². The largest absolute Gasteiger partial charge is 0.203 e. The Hall–Kier alpha value is -2.22. The summed E-state index contributed by atoms with van der Waals surface area (Å²) in [6.45, 7) is 3.88. The van der Waals surface area contributed by atoms with E-state index in [-0.39, 0.29) is 0 Å². The minimum Gasteiger partial charge on any atom is -0.203 e. The molecule has 0 aliphatic heterocycles. The average molecular weight is 407 g/mol. The summed E-state index contributed by atoms with van der Waals surface area (Å²) in [6.07, 6.45) is 17.0. The third-order valence-corrected chi connectivity index (χ3v) is 7.01. The zero-order valence-electron chi connectivity index (χ0n) is 18.1. The Kier molecular flexibility index (Phi) is 6.51. The molecule has 0 spiro atoms. The number of rotatable bonds is 4. The van der Waals surface area contributed by atoms with E-state index in [1.807, 2.05) is 12.1 Å². The van der Waals surface area contributed by atoms with E-state index in [1.54, 1.807) is 19.1 Å². The van der Waals surface area contributed by atoms with Crippen molar-refractivity contribution in [2.45, 2.75) is 58.3 Å². The van der Waals surface area contributed by atoms with Crippen LogP contribution in [0.25, 0.3) is 11.1 Å². The van der Waals surface area contributed by atoms with Crippen molar-refractivity contribution in [1.29, 1.82) is 0 Å². The first-order valence-corrected chi connectivity index (χ1v) is 11.4. The monoisotopic (exact) mass is 406 g/mol. The summed E-state index contributed by atoms with van der Waals surface area (Å²) in [5, 5.41) is 0. The van der Waals surface area contributed by atoms with Gasteiger partial charge in [0, 0.05) is 5.56 Å². The molecule has 2 aliphatic rings. The Bertz CT molecular complexity index is 914. The quantitative estimate of drug-likeness (QED) is 0.447. The van der Waals surface area contributed by atoms with E-state index in [2.05, 4.69) is 43.4 Å². The van der Waals surface area contributed by atoms with Gasteiger partial charge in [-0.05, 0) is 85.8 Å². The van der Waals surface area contributed by atoms with Gasteiger partial charge in [0.05, 0.1) is 0 Å². The molecule has 2 aromatic rings. The van der Waals surface area contributed by atoms with E-state index in [4.69, 9.17) is 0 Å². The lowest BCUT2D eigenvalue weighted by atomic mass is 9.78. The van der Waals surface area contributed by atoms with E-state index < -0.39 is 11.6 Å². The molecule has 4 rings (SSSR count). The SMILES string of the molecule is Cc1ccc(-c2ccc(C3CCC(/C=C/C4C=CC(C)CC4)CC3)cc2)c(F)c1F. The summed E-state index contributed by atoms with van der Waals surface area (Å²) >= 11 is 0. The molecule has 0 aromatic heterocycles. The molecule has 0 bridgehead atoms. The van der Waals surface area contributed by atoms with Crippen molar-refractivity contribution in [3.8, 4) is 11.1 Å². The minimum atomic E-state index is -0.752. The van der Waals surface area contributed by atoms with Gasteiger partial charge in [0.2, 0.25) is 0 Å². The van der Waals surface area contributed by atoms with Crippen LogP contribution in [0, 0.1) is 36.3 Å². The van der Waals surface area contributed by atoms with E-state index in [0.717, 1.165) is 11.5 Å². The molecule has 1 fully saturated rings. The molecule has 0 heterocycles. The lowest BCUT2D eigenvalue weighted by molar-refractivity contribution is 0.374. The van der Waals surface area contributed by atoms with E-state index >= 15 is 0 Å². The van der Waals surface area contributed by atoms with Crippen LogP contribution in [-0.4, -0.2) is 0 Å². The first-order chi connectivity index (χ1) is 14.5. The van der Waals surface area contributed by atoms with Gasteiger partial charge in [0.25, 0.3) is 0 Å². The number of hydrogen-bond donors (Lipinski definition) is 0. The van der Waals surface area contributed by atoms with Crippen molar-refractivity contribution in [1.82, 2.24) is 0 Å². The number of allylic oxidation sites excluding steroid dienone is 4. The standard InChI is InChI=1S/C28H32F2/c1-19-3-6-21(7-4-19)8-9-22-10-12-23(13-11-22)24-14-16-25(17-15-24)26-18-5-20(2)27(29)28(26)30/h3,5-6,8-9,14-19,21-23H,4,7,10-13H2,1-2H3/b9-8+. The molecule has 2 aliphatic carbocycles. The molecule has 2 atom stereocenters. The molecule has 0 N–H and O–H groups in total. The highest BCUT2D eigenvalue weighted by Crippen LogP contribution is 2.37. The normalized spacial score (nSPS) is 26.9. The molecular formula is C28H32F2. The van der Waals surface area contributed by atoms with Crippen molar-refractivity contribution in [3.05, 3.63) is 83.5 Å². The van der Waals surface area contributed by atoms with E-state index in [9.17, 15) is 8.78 Å². The maximum absolute atomic E-state index is 14.3. The molecule has 0 radical (unpaired) electrons. The van der Waals surface area contributed by atoms with Gasteiger partial charge in [0.1, 0.15) is 0 Å². The van der Waals surface area contributed by atoms with Gasteiger partial charge in [-0.25, -0.2) is 8.78 Å². The lowest BCUT2D eigenvalue weighted by Gasteiger charge is -2.27. The fourth-order valence-corrected chi connectivity index (χ4v) is 4.89. The maximum atomic E-state index is 14.3. The molecule has 158 valence electrons. The summed E-state index contributed by atoms with van der Waals surface area (Å²) in [5.74, 6) is 1.12. The Morgan fingerprint density at radius 2 is 1.50 bits per heavy atom. The Labute approximate surface area is 179 Å². The Morgan fingerprint density at radius 3 is 2.17 bits per heavy atom. The smallest absolute Gasteiger partial charge is 0.166 e. The van der Waals surface area contributed by atoms with Crippen LogP contribution in [0.15, 0.2) is 60.7 Å². The van der Waals surface area contributed by atoms with Crippen molar-refractivity contribution < 1.29 is 8.78 Å². The van der Waals surface area contributed by atoms with Gasteiger partial charge in [-0.3, -0.25) is 0 Å². The number of benzene rings is 2. The average Bonchev–Trinajstić information content (AvgIpc) is 2.78. The van der Waals surface area contributed by atoms with E-state index in [0.29, 0.717) is 28.9 Å². The van der Waals surface area contributed by atoms with Crippen LogP contribution in [0.4, 0.5) is 8.78 Å². The predicted octanol–water partition coefficient (Wildman–Crippen LogP) is 8.37. The molecule has 0 amide bonds. The third kappa shape index (κ3) is 4.74. The summed E-state index contributed by atoms with van der Waals surface area (Å²) in [7, 11) is 0. The highest BCUT2D eigenvalue weighted by molar-refractivity contribution is 5.65. The Balaban J connectivity index is 1.35.